The van der Waals surface area contributed by atoms with Crippen LogP contribution < -0.4 is 0 Å². The van der Waals surface area contributed by atoms with Gasteiger partial charge in [-0.25, -0.2) is 0 Å². The molecule has 0 fully saturated rings. The van der Waals surface area contributed by atoms with E-state index < -0.39 is 0 Å². The van der Waals surface area contributed by atoms with Crippen LogP contribution in [-0.2, 0) is 0 Å². The molecule has 1 N–H and O–H groups in total. The van der Waals surface area contributed by atoms with E-state index in [-0.39, 0.29) is 0 Å². The Balaban J connectivity index is 2.75. The average molecular weight is 104 g/mol. The van der Waals surface area contributed by atoms with Crippen LogP contribution in [0.25, 0.3) is 5.73 Å². The van der Waals surface area contributed by atoms with Crippen molar-refractivity contribution in [1.82, 2.24) is 0 Å². The fraction of sp³-hybridized carbons (Fsp3) is 1.00. The predicted molar refractivity (Wildman–Crippen MR) is 32.2 cm³/mol. The van der Waals surface area contributed by atoms with Crippen LogP contribution in [0.2, 0.25) is 0 Å². The van der Waals surface area contributed by atoms with E-state index in [1.807, 2.05) is 6.26 Å². The first kappa shape index (κ1) is 6.31. The van der Waals surface area contributed by atoms with Gasteiger partial charge in [-0.2, -0.15) is 11.8 Å². The molecule has 0 bridgehead atoms. The summed E-state index contributed by atoms with van der Waals surface area (Å²) in [5.41, 5.74) is 6.79. The molecule has 38 valence electrons. The molecule has 0 amide bonds. The molecule has 0 aliphatic carbocycles. The van der Waals surface area contributed by atoms with Crippen molar-refractivity contribution in [1.29, 1.82) is 0 Å². The Labute approximate surface area is 43.3 Å². The predicted octanol–water partition coefficient (Wildman–Crippen LogP) is 1.79. The topological polar surface area (TPSA) is 23.8 Å². The van der Waals surface area contributed by atoms with Gasteiger partial charge in [-0.05, 0) is 11.5 Å². The summed E-state index contributed by atoms with van der Waals surface area (Å²) in [6.07, 6.45) is 2.03. The van der Waals surface area contributed by atoms with Crippen molar-refractivity contribution in [2.45, 2.75) is 12.2 Å². The molecule has 0 radical (unpaired) electrons. The van der Waals surface area contributed by atoms with Crippen LogP contribution in [0, 0.1) is 0 Å². The number of thioether (sulfide) groups is 1. The molecule has 0 saturated heterocycles. The Hall–Kier alpha value is 0.310. The van der Waals surface area contributed by atoms with E-state index in [1.165, 1.54) is 0 Å². The lowest BCUT2D eigenvalue weighted by atomic mass is 10.5. The van der Waals surface area contributed by atoms with Crippen molar-refractivity contribution in [3.63, 3.8) is 0 Å². The van der Waals surface area contributed by atoms with E-state index in [2.05, 4.69) is 6.92 Å². The van der Waals surface area contributed by atoms with Crippen molar-refractivity contribution in [3.8, 4) is 0 Å². The van der Waals surface area contributed by atoms with Gasteiger partial charge in [0.2, 0.25) is 0 Å². The van der Waals surface area contributed by atoms with Gasteiger partial charge in [0.1, 0.15) is 0 Å². The third-order valence-electron chi connectivity index (χ3n) is 0.690. The van der Waals surface area contributed by atoms with Gasteiger partial charge in [-0.1, -0.05) is 6.92 Å². The molecule has 0 aliphatic rings. The molecule has 0 spiro atoms. The van der Waals surface area contributed by atoms with E-state index in [0.29, 0.717) is 11.8 Å². The Morgan fingerprint density at radius 3 is 2.33 bits per heavy atom. The quantitative estimate of drug-likeness (QED) is 0.524. The summed E-state index contributed by atoms with van der Waals surface area (Å²) in [6, 6.07) is 0. The van der Waals surface area contributed by atoms with E-state index >= 15 is 0 Å². The minimum absolute atomic E-state index is 0.519. The SMILES string of the molecule is CSC(C)C[NH-]. The second kappa shape index (κ2) is 3.50. The molecule has 0 saturated carbocycles. The van der Waals surface area contributed by atoms with Crippen molar-refractivity contribution >= 4 is 11.8 Å². The highest BCUT2D eigenvalue weighted by atomic mass is 32.2. The highest BCUT2D eigenvalue weighted by Crippen LogP contribution is 2.02. The lowest BCUT2D eigenvalue weighted by Crippen LogP contribution is -1.95. The number of rotatable bonds is 2. The van der Waals surface area contributed by atoms with E-state index in [4.69, 9.17) is 5.73 Å². The molecule has 0 aromatic carbocycles. The maximum absolute atomic E-state index is 6.79. The minimum Gasteiger partial charge on any atom is -0.677 e. The molecule has 0 heterocycles. The monoisotopic (exact) mass is 104 g/mol. The summed E-state index contributed by atoms with van der Waals surface area (Å²) in [5.74, 6) is 0. The first-order chi connectivity index (χ1) is 2.81. The molecule has 1 nitrogen and oxygen atoms in total. The van der Waals surface area contributed by atoms with Gasteiger partial charge in [0.25, 0.3) is 0 Å². The zero-order chi connectivity index (χ0) is 4.99. The van der Waals surface area contributed by atoms with Gasteiger partial charge >= 0.3 is 0 Å². The molecular formula is C4H10NS-. The molecule has 1 atom stereocenters. The molecule has 0 aliphatic heterocycles. The molecule has 0 aromatic rings. The summed E-state index contributed by atoms with van der Waals surface area (Å²) < 4.78 is 0. The van der Waals surface area contributed by atoms with Crippen LogP contribution in [0.5, 0.6) is 0 Å². The number of nitrogens with one attached hydrogen (secondary N) is 1. The van der Waals surface area contributed by atoms with E-state index in [1.54, 1.807) is 11.8 Å². The van der Waals surface area contributed by atoms with Gasteiger partial charge in [0.15, 0.2) is 0 Å². The summed E-state index contributed by atoms with van der Waals surface area (Å²) in [4.78, 5) is 0. The summed E-state index contributed by atoms with van der Waals surface area (Å²) >= 11 is 1.74. The van der Waals surface area contributed by atoms with Crippen LogP contribution in [0.15, 0.2) is 0 Å². The Morgan fingerprint density at radius 2 is 2.33 bits per heavy atom. The number of hydrogen-bond acceptors (Lipinski definition) is 1. The lowest BCUT2D eigenvalue weighted by molar-refractivity contribution is 1.07. The van der Waals surface area contributed by atoms with Gasteiger partial charge in [0, 0.05) is 0 Å². The Morgan fingerprint density at radius 1 is 1.83 bits per heavy atom. The van der Waals surface area contributed by atoms with Crippen molar-refractivity contribution in [2.24, 2.45) is 0 Å². The third-order valence-corrected chi connectivity index (χ3v) is 1.66. The normalized spacial score (nSPS) is 14.5. The molecule has 0 aromatic heterocycles. The molecular weight excluding hydrogens is 94.1 g/mol. The zero-order valence-electron chi connectivity index (χ0n) is 4.19. The largest absolute Gasteiger partial charge is 0.677 e. The van der Waals surface area contributed by atoms with Crippen LogP contribution in [0.1, 0.15) is 6.92 Å². The molecule has 2 heteroatoms. The Bertz CT molecular complexity index is 26.7. The minimum atomic E-state index is 0.519. The van der Waals surface area contributed by atoms with Gasteiger partial charge in [-0.3, -0.25) is 0 Å². The first-order valence-electron chi connectivity index (χ1n) is 1.98. The third kappa shape index (κ3) is 2.54. The van der Waals surface area contributed by atoms with E-state index in [0.717, 1.165) is 0 Å². The molecule has 0 rings (SSSR count). The Kier molecular flexibility index (Phi) is 3.68. The smallest absolute Gasteiger partial charge is 0.0174 e. The summed E-state index contributed by atoms with van der Waals surface area (Å²) in [6.45, 7) is 2.60. The first-order valence-corrected chi connectivity index (χ1v) is 3.27. The average Bonchev–Trinajstić information content (AvgIpc) is 1.65. The van der Waals surface area contributed by atoms with Crippen LogP contribution in [0.4, 0.5) is 0 Å². The zero-order valence-corrected chi connectivity index (χ0v) is 5.01. The second-order valence-corrected chi connectivity index (χ2v) is 2.53. The highest BCUT2D eigenvalue weighted by Gasteiger charge is 1.84. The molecule has 6 heavy (non-hydrogen) atoms. The second-order valence-electron chi connectivity index (χ2n) is 1.25. The van der Waals surface area contributed by atoms with Crippen molar-refractivity contribution < 1.29 is 0 Å². The lowest BCUT2D eigenvalue weighted by Gasteiger charge is -2.06. The van der Waals surface area contributed by atoms with Gasteiger partial charge < -0.3 is 5.73 Å². The van der Waals surface area contributed by atoms with Gasteiger partial charge in [-0.15, -0.1) is 6.54 Å². The van der Waals surface area contributed by atoms with E-state index in [9.17, 15) is 0 Å². The maximum Gasteiger partial charge on any atom is -0.0174 e. The van der Waals surface area contributed by atoms with Crippen LogP contribution in [0.3, 0.4) is 0 Å². The fourth-order valence-corrected chi connectivity index (χ4v) is 0.250. The molecule has 1 unspecified atom stereocenters. The standard InChI is InChI=1S/C4H10NS/c1-4(3-5)6-2/h4-5H,3H2,1-2H3/q-1. The van der Waals surface area contributed by atoms with Crippen LogP contribution in [-0.4, -0.2) is 18.1 Å². The maximum atomic E-state index is 6.79. The van der Waals surface area contributed by atoms with Gasteiger partial charge in [0.05, 0.1) is 0 Å². The fourth-order valence-electron chi connectivity index (χ4n) is 0.0833. The number of hydrogen-bond donors (Lipinski definition) is 0. The summed E-state index contributed by atoms with van der Waals surface area (Å²) in [5, 5.41) is 0.519. The van der Waals surface area contributed by atoms with Crippen LogP contribution >= 0.6 is 11.8 Å². The van der Waals surface area contributed by atoms with Crippen molar-refractivity contribution in [2.75, 3.05) is 12.8 Å². The van der Waals surface area contributed by atoms with Crippen molar-refractivity contribution in [3.05, 3.63) is 5.73 Å². The highest BCUT2D eigenvalue weighted by molar-refractivity contribution is 7.99. The summed E-state index contributed by atoms with van der Waals surface area (Å²) in [7, 11) is 0.